The number of nitrogens with one attached hydrogen (secondary N) is 1. The highest BCUT2D eigenvalue weighted by Crippen LogP contribution is 2.35. The number of halogens is 1. The van der Waals surface area contributed by atoms with Gasteiger partial charge < -0.3 is 14.8 Å². The van der Waals surface area contributed by atoms with Gasteiger partial charge in [-0.15, -0.1) is 0 Å². The molecule has 0 aliphatic heterocycles. The van der Waals surface area contributed by atoms with Gasteiger partial charge in [0.25, 0.3) is 5.56 Å². The minimum absolute atomic E-state index is 0.0136. The van der Waals surface area contributed by atoms with Crippen LogP contribution in [-0.2, 0) is 21.6 Å². The average Bonchev–Trinajstić information content (AvgIpc) is 3.66. The lowest BCUT2D eigenvalue weighted by atomic mass is 10.0. The third-order valence-corrected chi connectivity index (χ3v) is 9.37. The molecule has 0 bridgehead atoms. The fraction of sp³-hybridized carbons (Fsp3) is 0.469. The van der Waals surface area contributed by atoms with Crippen LogP contribution in [0.1, 0.15) is 64.7 Å². The smallest absolute Gasteiger partial charge is 0.333 e. The quantitative estimate of drug-likeness (QED) is 0.222. The highest BCUT2D eigenvalue weighted by molar-refractivity contribution is 7.21. The Morgan fingerprint density at radius 1 is 1.24 bits per heavy atom. The van der Waals surface area contributed by atoms with E-state index >= 15 is 0 Å². The van der Waals surface area contributed by atoms with E-state index in [-0.39, 0.29) is 24.6 Å². The molecule has 1 aromatic carbocycles. The molecule has 11 nitrogen and oxygen atoms in total. The molecule has 13 heteroatoms. The van der Waals surface area contributed by atoms with E-state index in [9.17, 15) is 24.0 Å². The second-order valence-corrected chi connectivity index (χ2v) is 12.5. The Balaban J connectivity index is 2.02. The van der Waals surface area contributed by atoms with Gasteiger partial charge in [0, 0.05) is 29.6 Å². The van der Waals surface area contributed by atoms with Crippen molar-refractivity contribution in [2.45, 2.75) is 78.6 Å². The Morgan fingerprint density at radius 2 is 1.98 bits per heavy atom. The van der Waals surface area contributed by atoms with Crippen LogP contribution in [-0.4, -0.2) is 44.6 Å². The molecule has 1 amide bonds. The van der Waals surface area contributed by atoms with Crippen molar-refractivity contribution in [1.82, 2.24) is 24.2 Å². The number of nitrogens with zero attached hydrogens (tertiary/aromatic N) is 5. The molecule has 45 heavy (non-hydrogen) atoms. The van der Waals surface area contributed by atoms with Crippen LogP contribution in [0.3, 0.4) is 0 Å². The number of methoxy groups -OCH3 is 1. The summed E-state index contributed by atoms with van der Waals surface area (Å²) in [6.07, 6.45) is 3.56. The van der Waals surface area contributed by atoms with Crippen molar-refractivity contribution < 1.29 is 18.7 Å². The number of carbonyl (C=O) groups is 1. The molecule has 3 aromatic heterocycles. The summed E-state index contributed by atoms with van der Waals surface area (Å²) in [6, 6.07) is 7.76. The van der Waals surface area contributed by atoms with Gasteiger partial charge in [-0.3, -0.25) is 14.2 Å². The number of ether oxygens (including phenoxy) is 2. The summed E-state index contributed by atoms with van der Waals surface area (Å²) in [5, 5.41) is 17.7. The number of thiophene rings is 1. The van der Waals surface area contributed by atoms with E-state index in [1.807, 2.05) is 20.8 Å². The fourth-order valence-corrected chi connectivity index (χ4v) is 6.29. The van der Waals surface area contributed by atoms with Crippen LogP contribution in [0, 0.1) is 30.0 Å². The first kappa shape index (κ1) is 33.6. The number of benzene rings is 1. The van der Waals surface area contributed by atoms with Gasteiger partial charge in [-0.1, -0.05) is 25.2 Å². The van der Waals surface area contributed by atoms with E-state index in [0.29, 0.717) is 39.5 Å². The molecule has 1 unspecified atom stereocenters. The molecule has 3 atom stereocenters. The summed E-state index contributed by atoms with van der Waals surface area (Å²) >= 11 is 1.20. The third-order valence-electron chi connectivity index (χ3n) is 8.07. The second kappa shape index (κ2) is 13.8. The van der Waals surface area contributed by atoms with Gasteiger partial charge in [-0.25, -0.2) is 18.4 Å². The van der Waals surface area contributed by atoms with Crippen molar-refractivity contribution in [1.29, 1.82) is 5.26 Å². The molecule has 4 rings (SSSR count). The van der Waals surface area contributed by atoms with E-state index < -0.39 is 40.5 Å². The van der Waals surface area contributed by atoms with Crippen molar-refractivity contribution in [2.75, 3.05) is 13.7 Å². The number of aromatic nitrogens is 4. The molecule has 240 valence electrons. The van der Waals surface area contributed by atoms with E-state index in [0.717, 1.165) is 4.57 Å². The van der Waals surface area contributed by atoms with Gasteiger partial charge in [0.2, 0.25) is 5.91 Å². The Morgan fingerprint density at radius 3 is 2.58 bits per heavy atom. The van der Waals surface area contributed by atoms with E-state index in [2.05, 4.69) is 16.5 Å². The van der Waals surface area contributed by atoms with Gasteiger partial charge in [-0.2, -0.15) is 10.4 Å². The first-order valence-electron chi connectivity index (χ1n) is 14.8. The van der Waals surface area contributed by atoms with Crippen LogP contribution in [0.25, 0.3) is 15.2 Å². The number of rotatable bonds is 13. The lowest BCUT2D eigenvalue weighted by Gasteiger charge is -2.29. The number of hydrogen-bond acceptors (Lipinski definition) is 8. The predicted molar refractivity (Wildman–Crippen MR) is 170 cm³/mol. The van der Waals surface area contributed by atoms with Crippen LogP contribution >= 0.6 is 11.3 Å². The second-order valence-electron chi connectivity index (χ2n) is 11.5. The molecule has 4 aromatic rings. The van der Waals surface area contributed by atoms with Gasteiger partial charge in [0.05, 0.1) is 37.6 Å². The van der Waals surface area contributed by atoms with Crippen LogP contribution < -0.4 is 21.3 Å². The molecular formula is C32H39FN6O5S. The zero-order valence-electron chi connectivity index (χ0n) is 26.6. The molecular weight excluding hydrogens is 599 g/mol. The lowest BCUT2D eigenvalue weighted by molar-refractivity contribution is -0.129. The number of hydrogen-bond donors (Lipinski definition) is 1. The standard InChI is InChI=1S/C32H39FN6O5S/c1-8-19(3)36-30(41)32(5,6)39-27(40)26-20(4)28(38-14-10-13-35-38)45-29(26)37(31(39)42)17-25(44-18-21(9-2)16-34)23-15-22(33)11-12-24(23)43-7/h10-15,19,21,25H,8-9,17-18H2,1-7H3,(H,36,41)/t19?,21-,25+/m1/s1. The Bertz CT molecular complexity index is 1840. The number of nitriles is 1. The zero-order chi connectivity index (χ0) is 33.1. The average molecular weight is 639 g/mol. The van der Waals surface area contributed by atoms with Gasteiger partial charge >= 0.3 is 5.69 Å². The molecule has 3 heterocycles. The normalized spacial score (nSPS) is 13.8. The Kier molecular flexibility index (Phi) is 10.3. The summed E-state index contributed by atoms with van der Waals surface area (Å²) < 4.78 is 30.4. The number of amides is 1. The summed E-state index contributed by atoms with van der Waals surface area (Å²) in [5.74, 6) is -1.14. The molecule has 0 aliphatic carbocycles. The van der Waals surface area contributed by atoms with E-state index in [1.165, 1.54) is 55.1 Å². The van der Waals surface area contributed by atoms with Crippen molar-refractivity contribution in [3.63, 3.8) is 0 Å². The fourth-order valence-electron chi connectivity index (χ4n) is 5.04. The van der Waals surface area contributed by atoms with Gasteiger partial charge in [0.15, 0.2) is 0 Å². The molecule has 0 radical (unpaired) electrons. The SMILES string of the molecule is CCC(C)NC(=O)C(C)(C)n1c(=O)c2c(C)c(-n3cccn3)sc2n(C[C@H](OC[C@@H](C#N)CC)c2cc(F)ccc2OC)c1=O. The highest BCUT2D eigenvalue weighted by Gasteiger charge is 2.36. The summed E-state index contributed by atoms with van der Waals surface area (Å²) in [6.45, 7) is 10.3. The third kappa shape index (κ3) is 6.57. The van der Waals surface area contributed by atoms with Gasteiger partial charge in [-0.05, 0) is 64.8 Å². The Labute approximate surface area is 264 Å². The summed E-state index contributed by atoms with van der Waals surface area (Å²) in [5.41, 5.74) is -2.01. The van der Waals surface area contributed by atoms with Crippen LogP contribution in [0.5, 0.6) is 5.75 Å². The van der Waals surface area contributed by atoms with E-state index in [1.54, 1.807) is 30.1 Å². The molecule has 1 N–H and O–H groups in total. The maximum atomic E-state index is 14.6. The number of carbonyl (C=O) groups excluding carboxylic acids is 1. The van der Waals surface area contributed by atoms with Crippen LogP contribution in [0.4, 0.5) is 4.39 Å². The van der Waals surface area contributed by atoms with Crippen molar-refractivity contribution in [3.8, 4) is 16.8 Å². The van der Waals surface area contributed by atoms with Crippen LogP contribution in [0.2, 0.25) is 0 Å². The maximum Gasteiger partial charge on any atom is 0.333 e. The first-order valence-corrected chi connectivity index (χ1v) is 15.7. The highest BCUT2D eigenvalue weighted by atomic mass is 32.1. The minimum Gasteiger partial charge on any atom is -0.496 e. The Hall–Kier alpha value is -4.28. The summed E-state index contributed by atoms with van der Waals surface area (Å²) in [4.78, 5) is 42.6. The number of aryl methyl sites for hydroxylation is 1. The first-order chi connectivity index (χ1) is 21.4. The monoisotopic (exact) mass is 638 g/mol. The predicted octanol–water partition coefficient (Wildman–Crippen LogP) is 4.82. The largest absolute Gasteiger partial charge is 0.496 e. The molecule has 0 aliphatic rings. The van der Waals surface area contributed by atoms with E-state index in [4.69, 9.17) is 9.47 Å². The molecule has 0 fully saturated rings. The molecule has 0 spiro atoms. The molecule has 0 saturated heterocycles. The van der Waals surface area contributed by atoms with Crippen molar-refractivity contribution in [3.05, 3.63) is 74.4 Å². The van der Waals surface area contributed by atoms with Crippen LogP contribution in [0.15, 0.2) is 46.2 Å². The molecule has 0 saturated carbocycles. The maximum absolute atomic E-state index is 14.6. The zero-order valence-corrected chi connectivity index (χ0v) is 27.4. The lowest BCUT2D eigenvalue weighted by Crippen LogP contribution is -2.57. The number of fused-ring (bicyclic) bond motifs is 1. The van der Waals surface area contributed by atoms with Crippen molar-refractivity contribution >= 4 is 27.5 Å². The van der Waals surface area contributed by atoms with Gasteiger partial charge in [0.1, 0.15) is 33.0 Å². The minimum atomic E-state index is -1.57. The van der Waals surface area contributed by atoms with Crippen molar-refractivity contribution in [2.24, 2.45) is 5.92 Å². The summed E-state index contributed by atoms with van der Waals surface area (Å²) in [7, 11) is 1.44. The topological polar surface area (TPSA) is 133 Å².